The van der Waals surface area contributed by atoms with Crippen molar-refractivity contribution < 1.29 is 4.39 Å². The zero-order valence-electron chi connectivity index (χ0n) is 10.0. The molecule has 0 aliphatic carbocycles. The summed E-state index contributed by atoms with van der Waals surface area (Å²) in [6, 6.07) is 4.27. The van der Waals surface area contributed by atoms with Crippen molar-refractivity contribution in [2.24, 2.45) is 0 Å². The summed E-state index contributed by atoms with van der Waals surface area (Å²) in [4.78, 5) is 8.32. The molecule has 0 spiro atoms. The van der Waals surface area contributed by atoms with E-state index in [-0.39, 0.29) is 5.02 Å². The Kier molecular flexibility index (Phi) is 4.55. The lowest BCUT2D eigenvalue weighted by molar-refractivity contribution is 0.627. The van der Waals surface area contributed by atoms with Gasteiger partial charge in [-0.15, -0.1) is 0 Å². The minimum Gasteiger partial charge on any atom is -0.354 e. The van der Waals surface area contributed by atoms with Gasteiger partial charge in [0.2, 0.25) is 5.95 Å². The van der Waals surface area contributed by atoms with Gasteiger partial charge in [0.05, 0.1) is 10.7 Å². The van der Waals surface area contributed by atoms with Crippen molar-refractivity contribution in [3.8, 4) is 0 Å². The quantitative estimate of drug-likeness (QED) is 0.871. The Bertz CT molecular complexity index is 571. The molecule has 0 fully saturated rings. The van der Waals surface area contributed by atoms with Gasteiger partial charge in [0.15, 0.2) is 0 Å². The summed E-state index contributed by atoms with van der Waals surface area (Å²) in [5.74, 6) is 0.681. The molecule has 0 aliphatic heterocycles. The second kappa shape index (κ2) is 6.16. The van der Waals surface area contributed by atoms with Crippen LogP contribution in [0.3, 0.4) is 0 Å². The molecule has 2 rings (SSSR count). The molecule has 2 N–H and O–H groups in total. The number of nitrogens with one attached hydrogen (secondary N) is 2. The molecule has 0 saturated carbocycles. The van der Waals surface area contributed by atoms with Crippen LogP contribution in [-0.2, 0) is 0 Å². The number of nitrogens with zero attached hydrogens (tertiary/aromatic N) is 2. The normalized spacial score (nSPS) is 10.3. The van der Waals surface area contributed by atoms with Crippen LogP contribution < -0.4 is 10.6 Å². The van der Waals surface area contributed by atoms with E-state index in [4.69, 9.17) is 11.6 Å². The fraction of sp³-hybridized carbons (Fsp3) is 0.167. The van der Waals surface area contributed by atoms with Gasteiger partial charge in [-0.25, -0.2) is 9.37 Å². The van der Waals surface area contributed by atoms with Crippen LogP contribution in [0.25, 0.3) is 0 Å². The predicted octanol–water partition coefficient (Wildman–Crippen LogP) is 4.21. The van der Waals surface area contributed by atoms with Gasteiger partial charge in [0.25, 0.3) is 0 Å². The minimum atomic E-state index is -0.404. The molecule has 7 heteroatoms. The first-order valence-electron chi connectivity index (χ1n) is 5.58. The third-order valence-electron chi connectivity index (χ3n) is 2.25. The van der Waals surface area contributed by atoms with Crippen molar-refractivity contribution >= 4 is 45.0 Å². The Hall–Kier alpha value is -1.40. The standard InChI is InChI=1S/C12H11BrClFN4/c1-2-16-12-17-4-3-10(19-12)18-11-8(13)5-7(15)6-9(11)14/h3-6H,2H2,1H3,(H2,16,17,18,19). The Balaban J connectivity index is 2.28. The van der Waals surface area contributed by atoms with E-state index in [0.29, 0.717) is 21.9 Å². The first-order valence-corrected chi connectivity index (χ1v) is 6.75. The summed E-state index contributed by atoms with van der Waals surface area (Å²) in [5.41, 5.74) is 0.559. The van der Waals surface area contributed by atoms with E-state index in [0.717, 1.165) is 6.54 Å². The number of anilines is 3. The number of halogens is 3. The highest BCUT2D eigenvalue weighted by molar-refractivity contribution is 9.10. The summed E-state index contributed by atoms with van der Waals surface area (Å²) in [5, 5.41) is 6.31. The van der Waals surface area contributed by atoms with Crippen LogP contribution in [-0.4, -0.2) is 16.5 Å². The zero-order valence-corrected chi connectivity index (χ0v) is 12.4. The van der Waals surface area contributed by atoms with Crippen molar-refractivity contribution in [3.05, 3.63) is 39.7 Å². The fourth-order valence-corrected chi connectivity index (χ4v) is 2.36. The number of benzene rings is 1. The van der Waals surface area contributed by atoms with Gasteiger partial charge in [0.1, 0.15) is 11.6 Å². The van der Waals surface area contributed by atoms with Crippen LogP contribution in [0, 0.1) is 5.82 Å². The Morgan fingerprint density at radius 3 is 2.89 bits per heavy atom. The predicted molar refractivity (Wildman–Crippen MR) is 78.6 cm³/mol. The molecule has 1 aromatic carbocycles. The fourth-order valence-electron chi connectivity index (χ4n) is 1.46. The minimum absolute atomic E-state index is 0.274. The van der Waals surface area contributed by atoms with E-state index >= 15 is 0 Å². The van der Waals surface area contributed by atoms with Crippen molar-refractivity contribution in [3.63, 3.8) is 0 Å². The molecule has 0 amide bonds. The highest BCUT2D eigenvalue weighted by atomic mass is 79.9. The highest BCUT2D eigenvalue weighted by Crippen LogP contribution is 2.33. The molecule has 2 aromatic rings. The smallest absolute Gasteiger partial charge is 0.224 e. The van der Waals surface area contributed by atoms with Crippen LogP contribution in [0.5, 0.6) is 0 Å². The van der Waals surface area contributed by atoms with Crippen LogP contribution in [0.2, 0.25) is 5.02 Å². The van der Waals surface area contributed by atoms with E-state index in [2.05, 4.69) is 36.5 Å². The highest BCUT2D eigenvalue weighted by Gasteiger charge is 2.09. The molecule has 0 radical (unpaired) electrons. The molecule has 19 heavy (non-hydrogen) atoms. The molecule has 0 aliphatic rings. The molecule has 0 unspecified atom stereocenters. The first-order chi connectivity index (χ1) is 9.10. The molecule has 0 atom stereocenters. The van der Waals surface area contributed by atoms with Gasteiger partial charge in [0, 0.05) is 17.2 Å². The largest absolute Gasteiger partial charge is 0.354 e. The lowest BCUT2D eigenvalue weighted by Crippen LogP contribution is -2.04. The van der Waals surface area contributed by atoms with Gasteiger partial charge < -0.3 is 10.6 Å². The first kappa shape index (κ1) is 14.0. The van der Waals surface area contributed by atoms with Crippen LogP contribution in [0.4, 0.5) is 21.8 Å². The third kappa shape index (κ3) is 3.54. The van der Waals surface area contributed by atoms with E-state index in [9.17, 15) is 4.39 Å². The monoisotopic (exact) mass is 344 g/mol. The topological polar surface area (TPSA) is 49.8 Å². The summed E-state index contributed by atoms with van der Waals surface area (Å²) in [6.07, 6.45) is 1.62. The Labute approximate surface area is 123 Å². The van der Waals surface area contributed by atoms with E-state index in [1.807, 2.05) is 6.92 Å². The maximum Gasteiger partial charge on any atom is 0.224 e. The van der Waals surface area contributed by atoms with Gasteiger partial charge in [-0.1, -0.05) is 11.6 Å². The maximum atomic E-state index is 13.1. The van der Waals surface area contributed by atoms with Gasteiger partial charge in [-0.3, -0.25) is 0 Å². The average Bonchev–Trinajstić information content (AvgIpc) is 2.35. The van der Waals surface area contributed by atoms with Gasteiger partial charge >= 0.3 is 0 Å². The molecule has 0 saturated heterocycles. The molecule has 0 bridgehead atoms. The van der Waals surface area contributed by atoms with Gasteiger partial charge in [-0.2, -0.15) is 4.98 Å². The summed E-state index contributed by atoms with van der Waals surface area (Å²) in [6.45, 7) is 2.68. The molecular weight excluding hydrogens is 335 g/mol. The summed E-state index contributed by atoms with van der Waals surface area (Å²) < 4.78 is 13.7. The number of aromatic nitrogens is 2. The van der Waals surface area contributed by atoms with Gasteiger partial charge in [-0.05, 0) is 41.1 Å². The SMILES string of the molecule is CCNc1nccc(Nc2c(Cl)cc(F)cc2Br)n1. The Morgan fingerprint density at radius 2 is 2.21 bits per heavy atom. The number of hydrogen-bond acceptors (Lipinski definition) is 4. The van der Waals surface area contributed by atoms with E-state index in [1.165, 1.54) is 12.1 Å². The zero-order chi connectivity index (χ0) is 13.8. The van der Waals surface area contributed by atoms with Crippen LogP contribution in [0.1, 0.15) is 6.92 Å². The lowest BCUT2D eigenvalue weighted by Gasteiger charge is -2.11. The second-order valence-corrected chi connectivity index (χ2v) is 4.93. The second-order valence-electron chi connectivity index (χ2n) is 3.67. The van der Waals surface area contributed by atoms with Crippen molar-refractivity contribution in [2.45, 2.75) is 6.92 Å². The molecule has 4 nitrogen and oxygen atoms in total. The molecule has 1 heterocycles. The number of rotatable bonds is 4. The lowest BCUT2D eigenvalue weighted by atomic mass is 10.3. The number of hydrogen-bond donors (Lipinski definition) is 2. The molecular formula is C12H11BrClFN4. The summed E-state index contributed by atoms with van der Waals surface area (Å²) in [7, 11) is 0. The Morgan fingerprint density at radius 1 is 1.42 bits per heavy atom. The third-order valence-corrected chi connectivity index (χ3v) is 3.17. The molecule has 100 valence electrons. The van der Waals surface area contributed by atoms with Crippen molar-refractivity contribution in [2.75, 3.05) is 17.2 Å². The summed E-state index contributed by atoms with van der Waals surface area (Å²) >= 11 is 9.25. The van der Waals surface area contributed by atoms with E-state index in [1.54, 1.807) is 12.3 Å². The van der Waals surface area contributed by atoms with E-state index < -0.39 is 5.82 Å². The van der Waals surface area contributed by atoms with Crippen LogP contribution in [0.15, 0.2) is 28.9 Å². The van der Waals surface area contributed by atoms with Crippen molar-refractivity contribution in [1.29, 1.82) is 0 Å². The van der Waals surface area contributed by atoms with Crippen molar-refractivity contribution in [1.82, 2.24) is 9.97 Å². The maximum absolute atomic E-state index is 13.1. The van der Waals surface area contributed by atoms with Crippen LogP contribution >= 0.6 is 27.5 Å². The average molecular weight is 346 g/mol. The molecule has 1 aromatic heterocycles.